The first-order valence-electron chi connectivity index (χ1n) is 9.51. The number of ether oxygens (including phenoxy) is 2. The van der Waals surface area contributed by atoms with Gasteiger partial charge < -0.3 is 18.8 Å². The van der Waals surface area contributed by atoms with E-state index in [1.807, 2.05) is 47.4 Å². The number of fused-ring (bicyclic) bond motifs is 2. The maximum Gasteiger partial charge on any atom is 0.301 e. The lowest BCUT2D eigenvalue weighted by molar-refractivity contribution is 0.120. The third-order valence-electron chi connectivity index (χ3n) is 4.95. The average molecular weight is 389 g/mol. The van der Waals surface area contributed by atoms with Crippen LogP contribution < -0.4 is 15.2 Å². The van der Waals surface area contributed by atoms with Crippen molar-refractivity contribution in [1.29, 1.82) is 0 Å². The molecule has 2 aromatic heterocycles. The fraction of sp³-hybridized carbons (Fsp3) is 0.227. The van der Waals surface area contributed by atoms with E-state index in [4.69, 9.17) is 13.9 Å². The highest BCUT2D eigenvalue weighted by Gasteiger charge is 2.17. The standard InChI is InChI=1S/C22H19N3O4/c26-21-18-12-15-4-3-6-19(28-14-16-5-1-2-7-23-16)17(15)13-20(18)29-22(24-21)25-8-10-27-11-9-25/h1-7,12-13H,8-11,14H2. The number of anilines is 1. The van der Waals surface area contributed by atoms with Crippen molar-refractivity contribution in [3.8, 4) is 5.75 Å². The van der Waals surface area contributed by atoms with Gasteiger partial charge in [0, 0.05) is 24.7 Å². The molecule has 5 rings (SSSR count). The van der Waals surface area contributed by atoms with Crippen LogP contribution in [-0.2, 0) is 11.3 Å². The van der Waals surface area contributed by atoms with E-state index in [1.54, 1.807) is 12.3 Å². The summed E-state index contributed by atoms with van der Waals surface area (Å²) >= 11 is 0. The van der Waals surface area contributed by atoms with Gasteiger partial charge in [0.05, 0.1) is 24.3 Å². The van der Waals surface area contributed by atoms with Crippen LogP contribution in [-0.4, -0.2) is 36.3 Å². The summed E-state index contributed by atoms with van der Waals surface area (Å²) in [4.78, 5) is 23.0. The molecule has 1 aliphatic rings. The van der Waals surface area contributed by atoms with Crippen molar-refractivity contribution in [2.24, 2.45) is 0 Å². The molecule has 1 saturated heterocycles. The number of aromatic nitrogens is 2. The van der Waals surface area contributed by atoms with E-state index in [0.29, 0.717) is 55.6 Å². The second-order valence-electron chi connectivity index (χ2n) is 6.84. The van der Waals surface area contributed by atoms with E-state index in [0.717, 1.165) is 16.5 Å². The van der Waals surface area contributed by atoms with Gasteiger partial charge in [-0.25, -0.2) is 0 Å². The minimum absolute atomic E-state index is 0.297. The predicted octanol–water partition coefficient (Wildman–Crippen LogP) is 3.15. The predicted molar refractivity (Wildman–Crippen MR) is 109 cm³/mol. The molecule has 0 amide bonds. The van der Waals surface area contributed by atoms with E-state index in [1.165, 1.54) is 0 Å². The molecular formula is C22H19N3O4. The molecule has 0 atom stereocenters. The summed E-state index contributed by atoms with van der Waals surface area (Å²) in [6.07, 6.45) is 1.74. The molecule has 1 fully saturated rings. The van der Waals surface area contributed by atoms with Crippen molar-refractivity contribution in [1.82, 2.24) is 9.97 Å². The molecule has 0 unspecified atom stereocenters. The van der Waals surface area contributed by atoms with Crippen LogP contribution in [0.3, 0.4) is 0 Å². The van der Waals surface area contributed by atoms with Crippen LogP contribution in [0.15, 0.2) is 63.9 Å². The lowest BCUT2D eigenvalue weighted by Crippen LogP contribution is -2.37. The minimum atomic E-state index is -0.297. The highest BCUT2D eigenvalue weighted by molar-refractivity contribution is 5.98. The second-order valence-corrected chi connectivity index (χ2v) is 6.84. The van der Waals surface area contributed by atoms with E-state index in [2.05, 4.69) is 9.97 Å². The van der Waals surface area contributed by atoms with Crippen LogP contribution in [0.25, 0.3) is 21.7 Å². The number of nitrogens with zero attached hydrogens (tertiary/aromatic N) is 3. The van der Waals surface area contributed by atoms with Crippen molar-refractivity contribution in [2.75, 3.05) is 31.2 Å². The van der Waals surface area contributed by atoms with Crippen LogP contribution in [0.1, 0.15) is 5.69 Å². The number of rotatable bonds is 4. The smallest absolute Gasteiger partial charge is 0.301 e. The number of morpholine rings is 1. The monoisotopic (exact) mass is 389 g/mol. The fourth-order valence-corrected chi connectivity index (χ4v) is 3.45. The van der Waals surface area contributed by atoms with Gasteiger partial charge in [0.25, 0.3) is 5.56 Å². The van der Waals surface area contributed by atoms with Crippen molar-refractivity contribution >= 4 is 27.8 Å². The molecule has 7 heteroatoms. The third-order valence-corrected chi connectivity index (χ3v) is 4.95. The summed E-state index contributed by atoms with van der Waals surface area (Å²) in [6, 6.07) is 15.5. The molecule has 29 heavy (non-hydrogen) atoms. The first kappa shape index (κ1) is 17.6. The zero-order valence-electron chi connectivity index (χ0n) is 15.7. The molecule has 0 bridgehead atoms. The quantitative estimate of drug-likeness (QED) is 0.496. The molecule has 1 aliphatic heterocycles. The highest BCUT2D eigenvalue weighted by atomic mass is 16.5. The number of benzene rings is 2. The van der Waals surface area contributed by atoms with Crippen LogP contribution in [0, 0.1) is 0 Å². The Hall–Kier alpha value is -3.45. The third kappa shape index (κ3) is 3.52. The molecule has 0 spiro atoms. The number of pyridine rings is 1. The van der Waals surface area contributed by atoms with Gasteiger partial charge in [-0.3, -0.25) is 9.78 Å². The van der Waals surface area contributed by atoms with E-state index >= 15 is 0 Å². The van der Waals surface area contributed by atoms with Gasteiger partial charge in [-0.15, -0.1) is 0 Å². The van der Waals surface area contributed by atoms with Crippen LogP contribution in [0.2, 0.25) is 0 Å². The van der Waals surface area contributed by atoms with Gasteiger partial charge in [-0.2, -0.15) is 4.98 Å². The van der Waals surface area contributed by atoms with Gasteiger partial charge >= 0.3 is 6.01 Å². The van der Waals surface area contributed by atoms with Crippen molar-refractivity contribution < 1.29 is 13.9 Å². The van der Waals surface area contributed by atoms with Crippen molar-refractivity contribution in [2.45, 2.75) is 6.61 Å². The Kier molecular flexibility index (Phi) is 4.57. The normalized spacial score (nSPS) is 14.4. The summed E-state index contributed by atoms with van der Waals surface area (Å²) in [6.45, 7) is 2.83. The van der Waals surface area contributed by atoms with Gasteiger partial charge in [0.1, 0.15) is 17.9 Å². The molecule has 7 nitrogen and oxygen atoms in total. The Morgan fingerprint density at radius 1 is 1.03 bits per heavy atom. The Balaban J connectivity index is 1.56. The molecule has 4 aromatic rings. The molecule has 146 valence electrons. The average Bonchev–Trinajstić information content (AvgIpc) is 2.78. The molecule has 3 heterocycles. The Morgan fingerprint density at radius 3 is 2.76 bits per heavy atom. The second kappa shape index (κ2) is 7.52. The first-order valence-corrected chi connectivity index (χ1v) is 9.51. The maximum atomic E-state index is 12.6. The maximum absolute atomic E-state index is 12.6. The summed E-state index contributed by atoms with van der Waals surface area (Å²) in [5.41, 5.74) is 1.04. The van der Waals surface area contributed by atoms with Crippen molar-refractivity contribution in [3.63, 3.8) is 0 Å². The summed E-state index contributed by atoms with van der Waals surface area (Å²) in [5.74, 6) is 0.711. The minimum Gasteiger partial charge on any atom is -0.487 e. The molecule has 0 N–H and O–H groups in total. The van der Waals surface area contributed by atoms with Crippen LogP contribution in [0.4, 0.5) is 6.01 Å². The molecular weight excluding hydrogens is 370 g/mol. The summed E-state index contributed by atoms with van der Waals surface area (Å²) < 4.78 is 17.4. The van der Waals surface area contributed by atoms with Crippen LogP contribution in [0.5, 0.6) is 5.75 Å². The Labute approximate surface area is 166 Å². The van der Waals surface area contributed by atoms with Crippen LogP contribution >= 0.6 is 0 Å². The molecule has 0 radical (unpaired) electrons. The molecule has 2 aromatic carbocycles. The SMILES string of the molecule is O=c1nc(N2CCOCC2)oc2cc3c(OCc4ccccn4)cccc3cc12. The van der Waals surface area contributed by atoms with Gasteiger partial charge in [0.2, 0.25) is 0 Å². The Morgan fingerprint density at radius 2 is 1.93 bits per heavy atom. The fourth-order valence-electron chi connectivity index (χ4n) is 3.45. The molecule has 0 saturated carbocycles. The molecule has 0 aliphatic carbocycles. The topological polar surface area (TPSA) is 77.7 Å². The van der Waals surface area contributed by atoms with Crippen molar-refractivity contribution in [3.05, 3.63) is 70.8 Å². The van der Waals surface area contributed by atoms with Gasteiger partial charge in [0.15, 0.2) is 0 Å². The van der Waals surface area contributed by atoms with E-state index in [9.17, 15) is 4.79 Å². The number of hydrogen-bond donors (Lipinski definition) is 0. The highest BCUT2D eigenvalue weighted by Crippen LogP contribution is 2.30. The lowest BCUT2D eigenvalue weighted by Gasteiger charge is -2.25. The Bertz CT molecular complexity index is 1220. The summed E-state index contributed by atoms with van der Waals surface area (Å²) in [7, 11) is 0. The van der Waals surface area contributed by atoms with E-state index in [-0.39, 0.29) is 5.56 Å². The largest absolute Gasteiger partial charge is 0.487 e. The summed E-state index contributed by atoms with van der Waals surface area (Å²) in [5, 5.41) is 2.22. The number of hydrogen-bond acceptors (Lipinski definition) is 7. The van der Waals surface area contributed by atoms with Gasteiger partial charge in [-0.1, -0.05) is 18.2 Å². The zero-order chi connectivity index (χ0) is 19.6. The van der Waals surface area contributed by atoms with Gasteiger partial charge in [-0.05, 0) is 35.7 Å². The van der Waals surface area contributed by atoms with E-state index < -0.39 is 0 Å². The first-order chi connectivity index (χ1) is 14.3. The zero-order valence-corrected chi connectivity index (χ0v) is 15.7. The lowest BCUT2D eigenvalue weighted by atomic mass is 10.1.